The summed E-state index contributed by atoms with van der Waals surface area (Å²) in [5.41, 5.74) is 3.71. The van der Waals surface area contributed by atoms with E-state index in [1.807, 2.05) is 61.7 Å². The van der Waals surface area contributed by atoms with Crippen LogP contribution in [-0.2, 0) is 6.54 Å². The maximum Gasteiger partial charge on any atom is 0.252 e. The number of hydrogen-bond donors (Lipinski definition) is 1. The summed E-state index contributed by atoms with van der Waals surface area (Å²) in [5, 5.41) is 3.98. The van der Waals surface area contributed by atoms with Crippen LogP contribution in [0.1, 0.15) is 47.8 Å². The molecule has 0 spiro atoms. The molecule has 3 aromatic rings. The van der Waals surface area contributed by atoms with Crippen LogP contribution < -0.4 is 10.2 Å². The molecule has 0 unspecified atom stereocenters. The molecule has 0 bridgehead atoms. The number of fused-ring (bicyclic) bond motifs is 1. The first-order valence-electron chi connectivity index (χ1n) is 11.3. The van der Waals surface area contributed by atoms with E-state index >= 15 is 0 Å². The molecule has 7 heteroatoms. The van der Waals surface area contributed by atoms with E-state index in [1.165, 1.54) is 0 Å². The zero-order chi connectivity index (χ0) is 22.7. The van der Waals surface area contributed by atoms with Crippen molar-refractivity contribution in [3.63, 3.8) is 0 Å². The lowest BCUT2D eigenvalue weighted by atomic mass is 9.99. The molecular weight excluding hydrogens is 400 g/mol. The van der Waals surface area contributed by atoms with E-state index in [1.54, 1.807) is 0 Å². The molecule has 2 aromatic heterocycles. The lowest BCUT2D eigenvalue weighted by Crippen LogP contribution is -2.28. The molecule has 1 fully saturated rings. The molecule has 0 aliphatic carbocycles. The van der Waals surface area contributed by atoms with Gasteiger partial charge in [-0.1, -0.05) is 32.0 Å². The highest BCUT2D eigenvalue weighted by Crippen LogP contribution is 2.30. The van der Waals surface area contributed by atoms with E-state index in [2.05, 4.69) is 34.0 Å². The predicted octanol–water partition coefficient (Wildman–Crippen LogP) is 3.47. The average Bonchev–Trinajstić information content (AvgIpc) is 3.25. The van der Waals surface area contributed by atoms with Gasteiger partial charge in [0, 0.05) is 68.7 Å². The van der Waals surface area contributed by atoms with E-state index in [0.717, 1.165) is 59.7 Å². The molecule has 1 aliphatic heterocycles. The maximum atomic E-state index is 12.9. The quantitative estimate of drug-likeness (QED) is 0.616. The summed E-state index contributed by atoms with van der Waals surface area (Å²) in [6.07, 6.45) is 4.83. The minimum absolute atomic E-state index is 0.0217. The Morgan fingerprint density at radius 3 is 2.69 bits per heavy atom. The smallest absolute Gasteiger partial charge is 0.252 e. The van der Waals surface area contributed by atoms with Crippen molar-refractivity contribution >= 4 is 22.8 Å². The number of hydrogen-bond acceptors (Lipinski definition) is 6. The second-order valence-electron chi connectivity index (χ2n) is 9.22. The SMILES string of the molecule is CC(C)CNC(=O)c1cc([C@H]2CCN(Cc3cnc(N(C)C)nc3)C2)nc2ccccc12. The highest BCUT2D eigenvalue weighted by Gasteiger charge is 2.26. The first-order valence-corrected chi connectivity index (χ1v) is 11.3. The number of para-hydroxylation sites is 1. The Balaban J connectivity index is 1.51. The van der Waals surface area contributed by atoms with Gasteiger partial charge in [-0.2, -0.15) is 0 Å². The normalized spacial score (nSPS) is 16.6. The first kappa shape index (κ1) is 22.1. The van der Waals surface area contributed by atoms with Crippen molar-refractivity contribution in [2.24, 2.45) is 5.92 Å². The van der Waals surface area contributed by atoms with Crippen LogP contribution in [0.4, 0.5) is 5.95 Å². The zero-order valence-corrected chi connectivity index (χ0v) is 19.4. The highest BCUT2D eigenvalue weighted by atomic mass is 16.1. The fraction of sp³-hybridized carbons (Fsp3) is 0.440. The minimum atomic E-state index is -0.0217. The van der Waals surface area contributed by atoms with Crippen LogP contribution >= 0.6 is 0 Å². The molecule has 0 radical (unpaired) electrons. The van der Waals surface area contributed by atoms with Gasteiger partial charge >= 0.3 is 0 Å². The number of benzene rings is 1. The van der Waals surface area contributed by atoms with Crippen LogP contribution in [0.15, 0.2) is 42.7 Å². The average molecular weight is 433 g/mol. The number of nitrogens with one attached hydrogen (secondary N) is 1. The summed E-state index contributed by atoms with van der Waals surface area (Å²) >= 11 is 0. The van der Waals surface area contributed by atoms with Gasteiger partial charge < -0.3 is 10.2 Å². The minimum Gasteiger partial charge on any atom is -0.352 e. The standard InChI is InChI=1S/C25H32N6O/c1-17(2)12-26-24(32)21-11-23(29-22-8-6-5-7-20(21)22)19-9-10-31(16-19)15-18-13-27-25(28-14-18)30(3)4/h5-8,11,13-14,17,19H,9-10,12,15-16H2,1-4H3,(H,26,32)/t19-/m0/s1. The lowest BCUT2D eigenvalue weighted by Gasteiger charge is -2.17. The monoisotopic (exact) mass is 432 g/mol. The summed E-state index contributed by atoms with van der Waals surface area (Å²) in [4.78, 5) is 31.0. The van der Waals surface area contributed by atoms with Crippen LogP contribution in [0.25, 0.3) is 10.9 Å². The predicted molar refractivity (Wildman–Crippen MR) is 128 cm³/mol. The molecule has 1 amide bonds. The van der Waals surface area contributed by atoms with E-state index in [0.29, 0.717) is 18.4 Å². The van der Waals surface area contributed by atoms with Gasteiger partial charge in [-0.05, 0) is 31.0 Å². The summed E-state index contributed by atoms with van der Waals surface area (Å²) in [7, 11) is 3.88. The van der Waals surface area contributed by atoms with Crippen molar-refractivity contribution in [1.82, 2.24) is 25.2 Å². The van der Waals surface area contributed by atoms with Crippen molar-refractivity contribution in [3.8, 4) is 0 Å². The van der Waals surface area contributed by atoms with E-state index in [9.17, 15) is 4.79 Å². The van der Waals surface area contributed by atoms with Gasteiger partial charge in [0.2, 0.25) is 5.95 Å². The molecular formula is C25H32N6O. The molecule has 1 atom stereocenters. The Morgan fingerprint density at radius 2 is 1.97 bits per heavy atom. The second kappa shape index (κ2) is 9.61. The second-order valence-corrected chi connectivity index (χ2v) is 9.22. The third-order valence-electron chi connectivity index (χ3n) is 5.84. The fourth-order valence-corrected chi connectivity index (χ4v) is 4.12. The van der Waals surface area contributed by atoms with Crippen LogP contribution in [0.2, 0.25) is 0 Å². The van der Waals surface area contributed by atoms with E-state index in [4.69, 9.17) is 4.98 Å². The van der Waals surface area contributed by atoms with E-state index in [-0.39, 0.29) is 5.91 Å². The first-order chi connectivity index (χ1) is 15.4. The van der Waals surface area contributed by atoms with Gasteiger partial charge in [0.1, 0.15) is 0 Å². The summed E-state index contributed by atoms with van der Waals surface area (Å²) < 4.78 is 0. The zero-order valence-electron chi connectivity index (χ0n) is 19.4. The Labute approximate surface area is 189 Å². The van der Waals surface area contributed by atoms with Crippen molar-refractivity contribution in [1.29, 1.82) is 0 Å². The molecule has 3 heterocycles. The number of likely N-dealkylation sites (tertiary alicyclic amines) is 1. The molecule has 168 valence electrons. The number of pyridine rings is 1. The summed E-state index contributed by atoms with van der Waals surface area (Å²) in [5.74, 6) is 1.41. The Kier molecular flexibility index (Phi) is 6.65. The van der Waals surface area contributed by atoms with Gasteiger partial charge in [-0.15, -0.1) is 0 Å². The van der Waals surface area contributed by atoms with Crippen LogP contribution in [0.5, 0.6) is 0 Å². The van der Waals surface area contributed by atoms with Crippen LogP contribution in [0.3, 0.4) is 0 Å². The summed E-state index contributed by atoms with van der Waals surface area (Å²) in [6, 6.07) is 9.92. The third kappa shape index (κ3) is 5.05. The fourth-order valence-electron chi connectivity index (χ4n) is 4.12. The van der Waals surface area contributed by atoms with Gasteiger partial charge in [-0.25, -0.2) is 9.97 Å². The van der Waals surface area contributed by atoms with Crippen molar-refractivity contribution < 1.29 is 4.79 Å². The largest absolute Gasteiger partial charge is 0.352 e. The van der Waals surface area contributed by atoms with E-state index < -0.39 is 0 Å². The molecule has 1 saturated heterocycles. The van der Waals surface area contributed by atoms with Crippen LogP contribution in [-0.4, -0.2) is 59.5 Å². The van der Waals surface area contributed by atoms with Crippen molar-refractivity contribution in [2.75, 3.05) is 38.6 Å². The molecule has 1 N–H and O–H groups in total. The third-order valence-corrected chi connectivity index (χ3v) is 5.84. The molecule has 4 rings (SSSR count). The Morgan fingerprint density at radius 1 is 1.22 bits per heavy atom. The molecule has 0 saturated carbocycles. The van der Waals surface area contributed by atoms with Gasteiger partial charge in [-0.3, -0.25) is 14.7 Å². The topological polar surface area (TPSA) is 74.2 Å². The number of amides is 1. The number of carbonyl (C=O) groups is 1. The molecule has 7 nitrogen and oxygen atoms in total. The highest BCUT2D eigenvalue weighted by molar-refractivity contribution is 6.06. The maximum absolute atomic E-state index is 12.9. The number of anilines is 1. The van der Waals surface area contributed by atoms with Gasteiger partial charge in [0.25, 0.3) is 5.91 Å². The Bertz CT molecular complexity index is 1080. The van der Waals surface area contributed by atoms with Crippen molar-refractivity contribution in [2.45, 2.75) is 32.7 Å². The van der Waals surface area contributed by atoms with Crippen LogP contribution in [0, 0.1) is 5.92 Å². The van der Waals surface area contributed by atoms with Gasteiger partial charge in [0.05, 0.1) is 11.1 Å². The number of rotatable bonds is 7. The number of carbonyl (C=O) groups excluding carboxylic acids is 1. The number of aromatic nitrogens is 3. The number of nitrogens with zero attached hydrogens (tertiary/aromatic N) is 5. The lowest BCUT2D eigenvalue weighted by molar-refractivity contribution is 0.0950. The van der Waals surface area contributed by atoms with Gasteiger partial charge in [0.15, 0.2) is 0 Å². The molecule has 32 heavy (non-hydrogen) atoms. The van der Waals surface area contributed by atoms with Crippen molar-refractivity contribution in [3.05, 3.63) is 59.5 Å². The molecule has 1 aromatic carbocycles. The molecule has 1 aliphatic rings. The Hall–Kier alpha value is -3.06. The summed E-state index contributed by atoms with van der Waals surface area (Å²) in [6.45, 7) is 7.58.